The third kappa shape index (κ3) is 62.6. The molecular weight excluding hydrogens is 925 g/mol. The molecule has 0 saturated carbocycles. The van der Waals surface area contributed by atoms with E-state index in [1.165, 1.54) is 270 Å². The molecule has 0 bridgehead atoms. The molecule has 0 aliphatic heterocycles. The van der Waals surface area contributed by atoms with Gasteiger partial charge < -0.3 is 14.2 Å². The number of ether oxygens (including phenoxy) is 3. The van der Waals surface area contributed by atoms with Crippen molar-refractivity contribution in [3.63, 3.8) is 0 Å². The van der Waals surface area contributed by atoms with Crippen molar-refractivity contribution in [2.45, 2.75) is 386 Å². The van der Waals surface area contributed by atoms with E-state index in [0.29, 0.717) is 19.3 Å². The van der Waals surface area contributed by atoms with Crippen molar-refractivity contribution < 1.29 is 28.6 Å². The molecule has 0 N–H and O–H groups in total. The molecule has 0 rings (SSSR count). The molecule has 0 aromatic carbocycles. The zero-order valence-corrected chi connectivity index (χ0v) is 50.8. The summed E-state index contributed by atoms with van der Waals surface area (Å²) in [5.41, 5.74) is 0. The summed E-state index contributed by atoms with van der Waals surface area (Å²) in [6.07, 6.45) is 77.9. The predicted octanol–water partition coefficient (Wildman–Crippen LogP) is 23.0. The van der Waals surface area contributed by atoms with E-state index in [2.05, 4.69) is 45.1 Å². The van der Waals surface area contributed by atoms with Crippen LogP contribution in [-0.4, -0.2) is 37.2 Å². The second-order valence-electron chi connectivity index (χ2n) is 23.1. The molecule has 0 aromatic rings. The summed E-state index contributed by atoms with van der Waals surface area (Å²) in [7, 11) is 0. The van der Waals surface area contributed by atoms with Gasteiger partial charge in [0.15, 0.2) is 6.10 Å². The third-order valence-corrected chi connectivity index (χ3v) is 15.4. The Morgan fingerprint density at radius 1 is 0.253 bits per heavy atom. The summed E-state index contributed by atoms with van der Waals surface area (Å²) < 4.78 is 16.9. The Kier molecular flexibility index (Phi) is 62.6. The Balaban J connectivity index is 4.07. The van der Waals surface area contributed by atoms with Crippen LogP contribution in [0.1, 0.15) is 380 Å². The molecule has 6 heteroatoms. The normalized spacial score (nSPS) is 12.1. The second-order valence-corrected chi connectivity index (χ2v) is 23.1. The Morgan fingerprint density at radius 3 is 0.680 bits per heavy atom. The van der Waals surface area contributed by atoms with Crippen molar-refractivity contribution in [3.05, 3.63) is 24.3 Å². The van der Waals surface area contributed by atoms with Gasteiger partial charge in [0, 0.05) is 19.3 Å². The fraction of sp³-hybridized carbons (Fsp3) is 0.899. The molecule has 0 heterocycles. The fourth-order valence-electron chi connectivity index (χ4n) is 10.3. The first-order valence-corrected chi connectivity index (χ1v) is 33.8. The van der Waals surface area contributed by atoms with Crippen LogP contribution in [0, 0.1) is 0 Å². The van der Waals surface area contributed by atoms with Gasteiger partial charge in [-0.25, -0.2) is 0 Å². The maximum Gasteiger partial charge on any atom is 0.306 e. The van der Waals surface area contributed by atoms with Crippen LogP contribution in [0.15, 0.2) is 24.3 Å². The predicted molar refractivity (Wildman–Crippen MR) is 326 cm³/mol. The molecular formula is C69H130O6. The van der Waals surface area contributed by atoms with Crippen LogP contribution in [0.25, 0.3) is 0 Å². The van der Waals surface area contributed by atoms with Crippen molar-refractivity contribution >= 4 is 17.9 Å². The lowest BCUT2D eigenvalue weighted by atomic mass is 10.0. The highest BCUT2D eigenvalue weighted by molar-refractivity contribution is 5.71. The quantitative estimate of drug-likeness (QED) is 0.0261. The maximum atomic E-state index is 12.9. The highest BCUT2D eigenvalue weighted by atomic mass is 16.6. The van der Waals surface area contributed by atoms with Gasteiger partial charge in [0.1, 0.15) is 13.2 Å². The highest BCUT2D eigenvalue weighted by Gasteiger charge is 2.19. The molecule has 6 nitrogen and oxygen atoms in total. The van der Waals surface area contributed by atoms with Gasteiger partial charge in [-0.1, -0.05) is 315 Å². The van der Waals surface area contributed by atoms with E-state index in [-0.39, 0.29) is 31.1 Å². The van der Waals surface area contributed by atoms with Crippen LogP contribution in [0.4, 0.5) is 0 Å². The SMILES string of the molecule is CCCCCC/C=C\CCCCCCCC(=O)OCC(COC(=O)CCCCCCCCCCCCCCCCCCCCCCCCCCCCCCCCC)OC(=O)CCCCCCC/C=C\CCCCCC. The monoisotopic (exact) mass is 1050 g/mol. The van der Waals surface area contributed by atoms with Crippen molar-refractivity contribution in [1.29, 1.82) is 0 Å². The Hall–Kier alpha value is -2.11. The minimum atomic E-state index is -0.776. The van der Waals surface area contributed by atoms with Crippen LogP contribution in [0.5, 0.6) is 0 Å². The van der Waals surface area contributed by atoms with Crippen molar-refractivity contribution in [1.82, 2.24) is 0 Å². The summed E-state index contributed by atoms with van der Waals surface area (Å²) >= 11 is 0. The zero-order valence-electron chi connectivity index (χ0n) is 50.8. The zero-order chi connectivity index (χ0) is 54.3. The van der Waals surface area contributed by atoms with Crippen LogP contribution in [-0.2, 0) is 28.6 Å². The number of hydrogen-bond acceptors (Lipinski definition) is 6. The lowest BCUT2D eigenvalue weighted by Gasteiger charge is -2.18. The standard InChI is InChI=1S/C69H130O6/c1-4-7-10-13-16-19-22-25-26-27-28-29-30-31-32-33-34-35-36-37-38-39-40-41-42-45-47-50-53-56-59-62-68(71)74-65-66(75-69(72)63-60-57-54-51-48-44-24-21-18-15-12-9-6-3)64-73-67(70)61-58-55-52-49-46-43-23-20-17-14-11-8-5-2/h20-21,23-24,66H,4-19,22,25-65H2,1-3H3/b23-20-,24-21-. The lowest BCUT2D eigenvalue weighted by molar-refractivity contribution is -0.167. The lowest BCUT2D eigenvalue weighted by Crippen LogP contribution is -2.30. The minimum absolute atomic E-state index is 0.0726. The van der Waals surface area contributed by atoms with Gasteiger partial charge in [0.2, 0.25) is 0 Å². The number of allylic oxidation sites excluding steroid dienone is 4. The first-order valence-electron chi connectivity index (χ1n) is 33.8. The number of esters is 3. The molecule has 1 atom stereocenters. The van der Waals surface area contributed by atoms with E-state index in [4.69, 9.17) is 14.2 Å². The van der Waals surface area contributed by atoms with E-state index < -0.39 is 6.10 Å². The van der Waals surface area contributed by atoms with Crippen molar-refractivity contribution in [2.24, 2.45) is 0 Å². The maximum absolute atomic E-state index is 12.9. The Morgan fingerprint density at radius 2 is 0.440 bits per heavy atom. The van der Waals surface area contributed by atoms with Gasteiger partial charge in [-0.3, -0.25) is 14.4 Å². The van der Waals surface area contributed by atoms with Crippen molar-refractivity contribution in [3.8, 4) is 0 Å². The van der Waals surface area contributed by atoms with E-state index in [1.807, 2.05) is 0 Å². The van der Waals surface area contributed by atoms with Crippen molar-refractivity contribution in [2.75, 3.05) is 13.2 Å². The average Bonchev–Trinajstić information content (AvgIpc) is 3.41. The van der Waals surface area contributed by atoms with Crippen LogP contribution in [0.3, 0.4) is 0 Å². The van der Waals surface area contributed by atoms with Crippen LogP contribution < -0.4 is 0 Å². The fourth-order valence-corrected chi connectivity index (χ4v) is 10.3. The molecule has 0 saturated heterocycles. The number of rotatable bonds is 63. The molecule has 1 unspecified atom stereocenters. The second kappa shape index (κ2) is 64.4. The molecule has 0 aromatic heterocycles. The smallest absolute Gasteiger partial charge is 0.306 e. The molecule has 442 valence electrons. The number of carbonyl (C=O) groups is 3. The first kappa shape index (κ1) is 72.9. The Bertz CT molecular complexity index is 1210. The average molecular weight is 1060 g/mol. The molecule has 0 spiro atoms. The van der Waals surface area contributed by atoms with Gasteiger partial charge in [-0.2, -0.15) is 0 Å². The number of carbonyl (C=O) groups excluding carboxylic acids is 3. The number of unbranched alkanes of at least 4 members (excludes halogenated alkanes) is 48. The summed E-state index contributed by atoms with van der Waals surface area (Å²) in [6, 6.07) is 0. The summed E-state index contributed by atoms with van der Waals surface area (Å²) in [5.74, 6) is -0.867. The van der Waals surface area contributed by atoms with Crippen LogP contribution in [0.2, 0.25) is 0 Å². The first-order chi connectivity index (χ1) is 37.0. The van der Waals surface area contributed by atoms with E-state index in [9.17, 15) is 14.4 Å². The summed E-state index contributed by atoms with van der Waals surface area (Å²) in [5, 5.41) is 0. The van der Waals surface area contributed by atoms with E-state index in [1.54, 1.807) is 0 Å². The van der Waals surface area contributed by atoms with Gasteiger partial charge in [0.25, 0.3) is 0 Å². The highest BCUT2D eigenvalue weighted by Crippen LogP contribution is 2.18. The van der Waals surface area contributed by atoms with E-state index in [0.717, 1.165) is 70.6 Å². The van der Waals surface area contributed by atoms with E-state index >= 15 is 0 Å². The van der Waals surface area contributed by atoms with Gasteiger partial charge >= 0.3 is 17.9 Å². The van der Waals surface area contributed by atoms with Gasteiger partial charge in [-0.15, -0.1) is 0 Å². The largest absolute Gasteiger partial charge is 0.462 e. The number of hydrogen-bond donors (Lipinski definition) is 0. The molecule has 0 radical (unpaired) electrons. The van der Waals surface area contributed by atoms with Gasteiger partial charge in [0.05, 0.1) is 0 Å². The summed E-state index contributed by atoms with van der Waals surface area (Å²) in [6.45, 7) is 6.66. The van der Waals surface area contributed by atoms with Gasteiger partial charge in [-0.05, 0) is 70.6 Å². The topological polar surface area (TPSA) is 78.9 Å². The molecule has 0 amide bonds. The minimum Gasteiger partial charge on any atom is -0.462 e. The molecule has 0 fully saturated rings. The summed E-state index contributed by atoms with van der Waals surface area (Å²) in [4.78, 5) is 38.2. The molecule has 0 aliphatic rings. The van der Waals surface area contributed by atoms with Crippen LogP contribution >= 0.6 is 0 Å². The molecule has 0 aliphatic carbocycles. The molecule has 75 heavy (non-hydrogen) atoms. The Labute approximate surface area is 468 Å². The third-order valence-electron chi connectivity index (χ3n) is 15.4.